The van der Waals surface area contributed by atoms with Crippen molar-refractivity contribution in [2.45, 2.75) is 9.92 Å². The number of benzene rings is 3. The maximum Gasteiger partial charge on any atom is 0.363 e. The highest BCUT2D eigenvalue weighted by atomic mass is 32.2. The van der Waals surface area contributed by atoms with Crippen molar-refractivity contribution in [2.75, 3.05) is 7.11 Å². The Kier molecular flexibility index (Phi) is 5.44. The van der Waals surface area contributed by atoms with Crippen molar-refractivity contribution in [3.63, 3.8) is 0 Å². The quantitative estimate of drug-likeness (QED) is 0.294. The number of fused-ring (bicyclic) bond motifs is 1. The number of para-hydroxylation sites is 1. The predicted molar refractivity (Wildman–Crippen MR) is 126 cm³/mol. The van der Waals surface area contributed by atoms with Gasteiger partial charge in [-0.1, -0.05) is 48.2 Å². The number of carbonyl (C=O) groups excluding carboxylic acids is 1. The third-order valence-corrected chi connectivity index (χ3v) is 5.95. The van der Waals surface area contributed by atoms with Crippen LogP contribution in [-0.4, -0.2) is 24.0 Å². The third-order valence-electron chi connectivity index (χ3n) is 4.92. The first kappa shape index (κ1) is 20.0. The Balaban J connectivity index is 1.56. The molecule has 0 amide bonds. The number of ether oxygens (including phenoxy) is 2. The molecule has 3 aromatic carbocycles. The zero-order valence-electron chi connectivity index (χ0n) is 17.2. The molecule has 0 fully saturated rings. The topological polar surface area (TPSA) is 60.8 Å². The fourth-order valence-corrected chi connectivity index (χ4v) is 4.21. The van der Waals surface area contributed by atoms with E-state index in [0.717, 1.165) is 32.1 Å². The van der Waals surface area contributed by atoms with E-state index in [4.69, 9.17) is 14.5 Å². The van der Waals surface area contributed by atoms with Crippen LogP contribution in [0.3, 0.4) is 0 Å². The molecule has 4 aromatic rings. The Labute approximate surface area is 189 Å². The Hall–Kier alpha value is -3.90. The van der Waals surface area contributed by atoms with Crippen LogP contribution in [0.4, 0.5) is 0 Å². The summed E-state index contributed by atoms with van der Waals surface area (Å²) in [6, 6.07) is 27.2. The van der Waals surface area contributed by atoms with Crippen LogP contribution in [0.5, 0.6) is 5.75 Å². The molecule has 0 saturated carbocycles. The first-order valence-corrected chi connectivity index (χ1v) is 10.8. The number of carbonyl (C=O) groups is 1. The number of aliphatic imine (C=N–C) groups is 1. The highest BCUT2D eigenvalue weighted by Gasteiger charge is 2.25. The van der Waals surface area contributed by atoms with Gasteiger partial charge in [0.15, 0.2) is 5.70 Å². The highest BCUT2D eigenvalue weighted by molar-refractivity contribution is 7.99. The fourth-order valence-electron chi connectivity index (χ4n) is 3.31. The van der Waals surface area contributed by atoms with Gasteiger partial charge in [-0.2, -0.15) is 0 Å². The summed E-state index contributed by atoms with van der Waals surface area (Å²) in [6.45, 7) is 0. The highest BCUT2D eigenvalue weighted by Crippen LogP contribution is 2.33. The maximum absolute atomic E-state index is 12.6. The molecule has 1 aliphatic rings. The lowest BCUT2D eigenvalue weighted by molar-refractivity contribution is -0.129. The average Bonchev–Trinajstić information content (AvgIpc) is 3.20. The van der Waals surface area contributed by atoms with Gasteiger partial charge in [-0.05, 0) is 54.6 Å². The Bertz CT molecular complexity index is 1360. The first-order chi connectivity index (χ1) is 15.7. The van der Waals surface area contributed by atoms with Crippen molar-refractivity contribution < 1.29 is 14.3 Å². The third kappa shape index (κ3) is 4.13. The summed E-state index contributed by atoms with van der Waals surface area (Å²) in [7, 11) is 1.60. The molecule has 1 aromatic heterocycles. The van der Waals surface area contributed by atoms with Crippen molar-refractivity contribution in [2.24, 2.45) is 4.99 Å². The second-order valence-corrected chi connectivity index (χ2v) is 8.12. The molecule has 2 heterocycles. The fraction of sp³-hybridized carbons (Fsp3) is 0.0385. The normalized spacial score (nSPS) is 14.5. The summed E-state index contributed by atoms with van der Waals surface area (Å²) < 4.78 is 10.6. The molecule has 1 aliphatic heterocycles. The van der Waals surface area contributed by atoms with Gasteiger partial charge in [0.1, 0.15) is 10.8 Å². The number of aromatic nitrogens is 1. The van der Waals surface area contributed by atoms with Crippen LogP contribution in [0, 0.1) is 0 Å². The smallest absolute Gasteiger partial charge is 0.363 e. The van der Waals surface area contributed by atoms with Crippen molar-refractivity contribution in [3.05, 3.63) is 102 Å². The van der Waals surface area contributed by atoms with Crippen molar-refractivity contribution >= 4 is 40.6 Å². The molecule has 0 radical (unpaired) electrons. The molecule has 5 rings (SSSR count). The van der Waals surface area contributed by atoms with Gasteiger partial charge in [0.05, 0.1) is 12.6 Å². The van der Waals surface area contributed by atoms with Gasteiger partial charge in [0.2, 0.25) is 5.90 Å². The molecular weight excluding hydrogens is 420 g/mol. The van der Waals surface area contributed by atoms with Gasteiger partial charge in [-0.15, -0.1) is 0 Å². The molecule has 32 heavy (non-hydrogen) atoms. The number of hydrogen-bond donors (Lipinski definition) is 0. The molecule has 0 atom stereocenters. The number of nitrogens with zero attached hydrogens (tertiary/aromatic N) is 2. The maximum atomic E-state index is 12.6. The molecule has 0 N–H and O–H groups in total. The van der Waals surface area contributed by atoms with Crippen LogP contribution in [0.25, 0.3) is 17.0 Å². The van der Waals surface area contributed by atoms with Crippen LogP contribution in [0.2, 0.25) is 0 Å². The molecule has 0 saturated heterocycles. The predicted octanol–water partition coefficient (Wildman–Crippen LogP) is 5.74. The van der Waals surface area contributed by atoms with Crippen molar-refractivity contribution in [3.8, 4) is 5.75 Å². The Morgan fingerprint density at radius 1 is 0.938 bits per heavy atom. The average molecular weight is 439 g/mol. The van der Waals surface area contributed by atoms with Crippen LogP contribution >= 0.6 is 11.8 Å². The van der Waals surface area contributed by atoms with E-state index in [1.54, 1.807) is 37.1 Å². The Morgan fingerprint density at radius 3 is 2.47 bits per heavy atom. The first-order valence-electron chi connectivity index (χ1n) is 9.99. The second-order valence-electron chi connectivity index (χ2n) is 7.06. The lowest BCUT2D eigenvalue weighted by atomic mass is 10.1. The van der Waals surface area contributed by atoms with E-state index in [-0.39, 0.29) is 11.6 Å². The zero-order chi connectivity index (χ0) is 21.9. The lowest BCUT2D eigenvalue weighted by Gasteiger charge is -2.08. The minimum atomic E-state index is -0.486. The minimum absolute atomic E-state index is 0.239. The zero-order valence-corrected chi connectivity index (χ0v) is 18.0. The monoisotopic (exact) mass is 438 g/mol. The summed E-state index contributed by atoms with van der Waals surface area (Å²) in [5.74, 6) is 0.508. The summed E-state index contributed by atoms with van der Waals surface area (Å²) in [4.78, 5) is 22.9. The van der Waals surface area contributed by atoms with Gasteiger partial charge in [0.25, 0.3) is 0 Å². The summed E-state index contributed by atoms with van der Waals surface area (Å²) in [5.41, 5.74) is 2.65. The van der Waals surface area contributed by atoms with Gasteiger partial charge < -0.3 is 9.47 Å². The number of cyclic esters (lactones) is 1. The number of hydrogen-bond acceptors (Lipinski definition) is 6. The van der Waals surface area contributed by atoms with Crippen LogP contribution in [0.1, 0.15) is 11.1 Å². The van der Waals surface area contributed by atoms with Crippen molar-refractivity contribution in [1.82, 2.24) is 4.98 Å². The van der Waals surface area contributed by atoms with E-state index in [1.807, 2.05) is 72.8 Å². The molecule has 0 aliphatic carbocycles. The molecule has 156 valence electrons. The molecule has 6 heteroatoms. The Morgan fingerprint density at radius 2 is 1.69 bits per heavy atom. The SMILES string of the molecule is COc1ccc(C2=NC(=Cc3cc4ccccc4nc3Sc3ccccc3)C(=O)O2)cc1. The van der Waals surface area contributed by atoms with Crippen LogP contribution < -0.4 is 4.74 Å². The van der Waals surface area contributed by atoms with E-state index in [1.165, 1.54) is 0 Å². The van der Waals surface area contributed by atoms with Gasteiger partial charge in [0, 0.05) is 21.4 Å². The largest absolute Gasteiger partial charge is 0.497 e. The molecule has 0 bridgehead atoms. The van der Waals surface area contributed by atoms with Gasteiger partial charge >= 0.3 is 5.97 Å². The van der Waals surface area contributed by atoms with E-state index >= 15 is 0 Å². The van der Waals surface area contributed by atoms with Gasteiger partial charge in [-0.25, -0.2) is 14.8 Å². The second kappa shape index (κ2) is 8.69. The molecular formula is C26H18N2O3S. The van der Waals surface area contributed by atoms with Crippen LogP contribution in [-0.2, 0) is 9.53 Å². The summed E-state index contributed by atoms with van der Waals surface area (Å²) in [6.07, 6.45) is 1.74. The van der Waals surface area contributed by atoms with E-state index in [2.05, 4.69) is 4.99 Å². The standard InChI is InChI=1S/C26H18N2O3S/c1-30-20-13-11-17(12-14-20)24-27-23(26(29)31-24)16-19-15-18-7-5-6-10-22(18)28-25(19)32-21-8-3-2-4-9-21/h2-16H,1H3. The summed E-state index contributed by atoms with van der Waals surface area (Å²) in [5, 5.41) is 1.78. The number of rotatable bonds is 5. The van der Waals surface area contributed by atoms with Crippen molar-refractivity contribution in [1.29, 1.82) is 0 Å². The van der Waals surface area contributed by atoms with E-state index < -0.39 is 5.97 Å². The van der Waals surface area contributed by atoms with E-state index in [0.29, 0.717) is 5.56 Å². The lowest BCUT2D eigenvalue weighted by Crippen LogP contribution is -2.05. The number of pyridine rings is 1. The summed E-state index contributed by atoms with van der Waals surface area (Å²) >= 11 is 1.54. The van der Waals surface area contributed by atoms with Crippen LogP contribution in [0.15, 0.2) is 106 Å². The molecule has 5 nitrogen and oxygen atoms in total. The van der Waals surface area contributed by atoms with E-state index in [9.17, 15) is 4.79 Å². The number of esters is 1. The molecule has 0 unspecified atom stereocenters. The molecule has 0 spiro atoms. The number of methoxy groups -OCH3 is 1. The minimum Gasteiger partial charge on any atom is -0.497 e. The van der Waals surface area contributed by atoms with Gasteiger partial charge in [-0.3, -0.25) is 0 Å².